The molecule has 0 aliphatic rings. The van der Waals surface area contributed by atoms with Gasteiger partial charge in [-0.1, -0.05) is 27.7 Å². The number of hydrogen-bond donors (Lipinski definition) is 3. The molecule has 0 aliphatic carbocycles. The molecule has 0 aromatic rings. The summed E-state index contributed by atoms with van der Waals surface area (Å²) in [5.74, 6) is 0.452. The molecule has 0 aromatic heterocycles. The molecular weight excluding hydrogens is 204 g/mol. The molecule has 0 fully saturated rings. The van der Waals surface area contributed by atoms with Crippen molar-refractivity contribution < 1.29 is 9.90 Å². The number of aliphatic hydroxyl groups excluding tert-OH is 1. The highest BCUT2D eigenvalue weighted by Gasteiger charge is 2.16. The minimum absolute atomic E-state index is 0.00920. The lowest BCUT2D eigenvalue weighted by Crippen LogP contribution is -2.43. The number of nitrogens with one attached hydrogen (secondary N) is 2. The molecule has 0 aromatic carbocycles. The highest BCUT2D eigenvalue weighted by Crippen LogP contribution is 2.10. The molecule has 16 heavy (non-hydrogen) atoms. The molecule has 0 heterocycles. The summed E-state index contributed by atoms with van der Waals surface area (Å²) >= 11 is 0. The van der Waals surface area contributed by atoms with E-state index in [1.54, 1.807) is 0 Å². The molecule has 4 nitrogen and oxygen atoms in total. The fraction of sp³-hybridized carbons (Fsp3) is 0.917. The first-order valence-corrected chi connectivity index (χ1v) is 5.89. The van der Waals surface area contributed by atoms with Crippen LogP contribution in [0.2, 0.25) is 0 Å². The predicted octanol–water partition coefficient (Wildman–Crippen LogP) is 0.755. The van der Waals surface area contributed by atoms with E-state index >= 15 is 0 Å². The number of carbonyl (C=O) groups excluding carboxylic acids is 1. The minimum Gasteiger partial charge on any atom is -0.396 e. The summed E-state index contributed by atoms with van der Waals surface area (Å²) in [6, 6.07) is 0.195. The van der Waals surface area contributed by atoms with E-state index in [9.17, 15) is 4.79 Å². The van der Waals surface area contributed by atoms with Gasteiger partial charge in [-0.15, -0.1) is 0 Å². The molecule has 0 radical (unpaired) electrons. The fourth-order valence-corrected chi connectivity index (χ4v) is 1.04. The zero-order valence-electron chi connectivity index (χ0n) is 11.1. The lowest BCUT2D eigenvalue weighted by atomic mass is 9.95. The summed E-state index contributed by atoms with van der Waals surface area (Å²) < 4.78 is 0. The van der Waals surface area contributed by atoms with Crippen molar-refractivity contribution in [3.05, 3.63) is 0 Å². The van der Waals surface area contributed by atoms with Gasteiger partial charge in [0.15, 0.2) is 0 Å². The third-order valence-electron chi connectivity index (χ3n) is 2.71. The zero-order chi connectivity index (χ0) is 12.8. The van der Waals surface area contributed by atoms with Crippen LogP contribution in [0.1, 0.15) is 34.6 Å². The first kappa shape index (κ1) is 15.4. The zero-order valence-corrected chi connectivity index (χ0v) is 11.1. The van der Waals surface area contributed by atoms with E-state index in [1.165, 1.54) is 0 Å². The van der Waals surface area contributed by atoms with Crippen molar-refractivity contribution in [3.63, 3.8) is 0 Å². The summed E-state index contributed by atoms with van der Waals surface area (Å²) in [5.41, 5.74) is -0.177. The summed E-state index contributed by atoms with van der Waals surface area (Å²) in [6.07, 6.45) is 0. The van der Waals surface area contributed by atoms with Crippen LogP contribution in [0.4, 0.5) is 0 Å². The number of hydrogen-bond acceptors (Lipinski definition) is 3. The summed E-state index contributed by atoms with van der Waals surface area (Å²) in [7, 11) is 0. The van der Waals surface area contributed by atoms with Crippen LogP contribution in [0.15, 0.2) is 0 Å². The number of amides is 1. The number of carbonyl (C=O) groups is 1. The molecule has 0 bridgehead atoms. The van der Waals surface area contributed by atoms with Gasteiger partial charge in [0, 0.05) is 24.6 Å². The van der Waals surface area contributed by atoms with Crippen molar-refractivity contribution in [2.45, 2.75) is 40.7 Å². The van der Waals surface area contributed by atoms with Gasteiger partial charge in [0.05, 0.1) is 6.54 Å². The standard InChI is InChI=1S/C12H26N2O2/c1-9(2)10(3)14-11(16)6-13-7-12(4,5)8-15/h9-10,13,15H,6-8H2,1-5H3,(H,14,16). The smallest absolute Gasteiger partial charge is 0.234 e. The van der Waals surface area contributed by atoms with Gasteiger partial charge in [-0.2, -0.15) is 0 Å². The van der Waals surface area contributed by atoms with Crippen LogP contribution in [0.25, 0.3) is 0 Å². The monoisotopic (exact) mass is 230 g/mol. The van der Waals surface area contributed by atoms with E-state index < -0.39 is 0 Å². The van der Waals surface area contributed by atoms with Crippen LogP contribution in [0.5, 0.6) is 0 Å². The molecule has 1 amide bonds. The van der Waals surface area contributed by atoms with E-state index in [0.29, 0.717) is 19.0 Å². The molecule has 96 valence electrons. The molecule has 0 rings (SSSR count). The Hall–Kier alpha value is -0.610. The molecule has 0 aliphatic heterocycles. The topological polar surface area (TPSA) is 61.4 Å². The second kappa shape index (κ2) is 6.86. The molecule has 4 heteroatoms. The van der Waals surface area contributed by atoms with Crippen LogP contribution in [0, 0.1) is 11.3 Å². The van der Waals surface area contributed by atoms with E-state index in [2.05, 4.69) is 24.5 Å². The molecule has 0 saturated carbocycles. The molecule has 0 saturated heterocycles. The quantitative estimate of drug-likeness (QED) is 0.605. The summed E-state index contributed by atoms with van der Waals surface area (Å²) in [5, 5.41) is 15.0. The second-order valence-corrected chi connectivity index (χ2v) is 5.53. The van der Waals surface area contributed by atoms with Crippen molar-refractivity contribution in [2.24, 2.45) is 11.3 Å². The van der Waals surface area contributed by atoms with E-state index in [1.807, 2.05) is 20.8 Å². The van der Waals surface area contributed by atoms with Gasteiger partial charge in [-0.25, -0.2) is 0 Å². The van der Waals surface area contributed by atoms with Gasteiger partial charge in [0.1, 0.15) is 0 Å². The Morgan fingerprint density at radius 3 is 2.31 bits per heavy atom. The summed E-state index contributed by atoms with van der Waals surface area (Å²) in [6.45, 7) is 11.1. The highest BCUT2D eigenvalue weighted by molar-refractivity contribution is 5.78. The second-order valence-electron chi connectivity index (χ2n) is 5.53. The maximum Gasteiger partial charge on any atom is 0.234 e. The normalized spacial score (nSPS) is 13.9. The number of rotatable bonds is 7. The average Bonchev–Trinajstić information content (AvgIpc) is 2.17. The molecule has 1 unspecified atom stereocenters. The predicted molar refractivity (Wildman–Crippen MR) is 66.2 cm³/mol. The van der Waals surface area contributed by atoms with Crippen LogP contribution < -0.4 is 10.6 Å². The van der Waals surface area contributed by atoms with Crippen molar-refractivity contribution in [1.82, 2.24) is 10.6 Å². The first-order chi connectivity index (χ1) is 7.28. The molecular formula is C12H26N2O2. The maximum atomic E-state index is 11.5. The van der Waals surface area contributed by atoms with Gasteiger partial charge >= 0.3 is 0 Å². The van der Waals surface area contributed by atoms with E-state index in [-0.39, 0.29) is 24.0 Å². The van der Waals surface area contributed by atoms with Crippen LogP contribution in [0.3, 0.4) is 0 Å². The molecule has 0 spiro atoms. The maximum absolute atomic E-state index is 11.5. The van der Waals surface area contributed by atoms with Gasteiger partial charge in [-0.05, 0) is 12.8 Å². The highest BCUT2D eigenvalue weighted by atomic mass is 16.3. The SMILES string of the molecule is CC(C)C(C)NC(=O)CNCC(C)(C)CO. The number of aliphatic hydroxyl groups is 1. The Kier molecular flexibility index (Phi) is 6.60. The Labute approximate surface area is 98.8 Å². The van der Waals surface area contributed by atoms with E-state index in [0.717, 1.165) is 0 Å². The third kappa shape index (κ3) is 6.80. The Morgan fingerprint density at radius 2 is 1.88 bits per heavy atom. The van der Waals surface area contributed by atoms with Gasteiger partial charge < -0.3 is 15.7 Å². The van der Waals surface area contributed by atoms with Gasteiger partial charge in [0.2, 0.25) is 5.91 Å². The Morgan fingerprint density at radius 1 is 1.31 bits per heavy atom. The van der Waals surface area contributed by atoms with Crippen molar-refractivity contribution in [1.29, 1.82) is 0 Å². The Bertz CT molecular complexity index is 215. The largest absolute Gasteiger partial charge is 0.396 e. The lowest BCUT2D eigenvalue weighted by molar-refractivity contribution is -0.121. The first-order valence-electron chi connectivity index (χ1n) is 5.89. The van der Waals surface area contributed by atoms with Crippen molar-refractivity contribution in [3.8, 4) is 0 Å². The Balaban J connectivity index is 3.75. The molecule has 3 N–H and O–H groups in total. The van der Waals surface area contributed by atoms with Crippen molar-refractivity contribution >= 4 is 5.91 Å². The van der Waals surface area contributed by atoms with Crippen LogP contribution in [-0.2, 0) is 4.79 Å². The molecule has 1 atom stereocenters. The third-order valence-corrected chi connectivity index (χ3v) is 2.71. The fourth-order valence-electron chi connectivity index (χ4n) is 1.04. The van der Waals surface area contributed by atoms with Gasteiger partial charge in [0.25, 0.3) is 0 Å². The van der Waals surface area contributed by atoms with Crippen molar-refractivity contribution in [2.75, 3.05) is 19.7 Å². The minimum atomic E-state index is -0.177. The van der Waals surface area contributed by atoms with Gasteiger partial charge in [-0.3, -0.25) is 4.79 Å². The lowest BCUT2D eigenvalue weighted by Gasteiger charge is -2.22. The summed E-state index contributed by atoms with van der Waals surface area (Å²) in [4.78, 5) is 11.5. The van der Waals surface area contributed by atoms with E-state index in [4.69, 9.17) is 5.11 Å². The van der Waals surface area contributed by atoms with Crippen LogP contribution in [-0.4, -0.2) is 36.8 Å². The van der Waals surface area contributed by atoms with Crippen LogP contribution >= 0.6 is 0 Å². The average molecular weight is 230 g/mol.